The van der Waals surface area contributed by atoms with Crippen molar-refractivity contribution in [1.82, 2.24) is 10.2 Å². The van der Waals surface area contributed by atoms with Gasteiger partial charge < -0.3 is 10.2 Å². The molecule has 0 saturated heterocycles. The third kappa shape index (κ3) is 4.70. The average Bonchev–Trinajstić information content (AvgIpc) is 3.27. The molecule has 1 aromatic carbocycles. The second-order valence-corrected chi connectivity index (χ2v) is 8.54. The van der Waals surface area contributed by atoms with Crippen LogP contribution in [0.1, 0.15) is 38.7 Å². The zero-order valence-corrected chi connectivity index (χ0v) is 14.8. The molecule has 128 valence electrons. The molecule has 5 nitrogen and oxygen atoms in total. The molecule has 3 atom stereocenters. The lowest BCUT2D eigenvalue weighted by molar-refractivity contribution is 0.187. The van der Waals surface area contributed by atoms with E-state index in [4.69, 9.17) is 0 Å². The van der Waals surface area contributed by atoms with Crippen LogP contribution in [0, 0.1) is 0 Å². The second kappa shape index (κ2) is 7.34. The number of carbonyl (C=O) groups excluding carboxylic acids is 1. The van der Waals surface area contributed by atoms with Crippen molar-refractivity contribution < 1.29 is 13.2 Å². The van der Waals surface area contributed by atoms with Crippen molar-refractivity contribution >= 4 is 15.9 Å². The molecule has 0 aromatic heterocycles. The number of hydrogen-bond acceptors (Lipinski definition) is 3. The number of nitrogens with zero attached hydrogens (tertiary/aromatic N) is 1. The van der Waals surface area contributed by atoms with E-state index in [1.807, 2.05) is 25.1 Å². The highest BCUT2D eigenvalue weighted by atomic mass is 32.2. The first-order chi connectivity index (χ1) is 10.9. The fraction of sp³-hybridized carbons (Fsp3) is 0.588. The maximum Gasteiger partial charge on any atom is 0.317 e. The van der Waals surface area contributed by atoms with Crippen molar-refractivity contribution in [2.75, 3.05) is 18.1 Å². The molecular formula is C17H26N2O3S. The number of benzene rings is 1. The lowest BCUT2D eigenvalue weighted by Crippen LogP contribution is -2.48. The van der Waals surface area contributed by atoms with Crippen LogP contribution in [0.5, 0.6) is 0 Å². The summed E-state index contributed by atoms with van der Waals surface area (Å²) in [7, 11) is -3.10. The molecule has 1 saturated carbocycles. The first-order valence-electron chi connectivity index (χ1n) is 8.20. The van der Waals surface area contributed by atoms with Gasteiger partial charge in [-0.15, -0.1) is 0 Å². The number of amides is 2. The van der Waals surface area contributed by atoms with Crippen LogP contribution < -0.4 is 5.32 Å². The van der Waals surface area contributed by atoms with Gasteiger partial charge in [-0.05, 0) is 25.8 Å². The van der Waals surface area contributed by atoms with E-state index in [9.17, 15) is 13.2 Å². The van der Waals surface area contributed by atoms with Crippen LogP contribution in [0.4, 0.5) is 4.79 Å². The summed E-state index contributed by atoms with van der Waals surface area (Å²) in [6.07, 6.45) is 0.939. The fourth-order valence-corrected chi connectivity index (χ4v) is 4.05. The van der Waals surface area contributed by atoms with Gasteiger partial charge in [-0.2, -0.15) is 0 Å². The van der Waals surface area contributed by atoms with Crippen molar-refractivity contribution in [3.05, 3.63) is 35.9 Å². The summed E-state index contributed by atoms with van der Waals surface area (Å²) < 4.78 is 23.5. The molecule has 1 fully saturated rings. The van der Waals surface area contributed by atoms with Crippen molar-refractivity contribution in [3.63, 3.8) is 0 Å². The number of urea groups is 1. The molecule has 2 rings (SSSR count). The van der Waals surface area contributed by atoms with Crippen LogP contribution in [0.2, 0.25) is 0 Å². The molecule has 2 amide bonds. The highest BCUT2D eigenvalue weighted by molar-refractivity contribution is 7.91. The Balaban J connectivity index is 1.91. The van der Waals surface area contributed by atoms with E-state index in [1.165, 1.54) is 5.56 Å². The lowest BCUT2D eigenvalue weighted by Gasteiger charge is -2.28. The van der Waals surface area contributed by atoms with Crippen LogP contribution in [-0.2, 0) is 9.84 Å². The lowest BCUT2D eigenvalue weighted by atomic mass is 10.1. The maximum atomic E-state index is 12.4. The summed E-state index contributed by atoms with van der Waals surface area (Å²) >= 11 is 0. The minimum absolute atomic E-state index is 0.0114. The molecule has 0 spiro atoms. The van der Waals surface area contributed by atoms with Crippen LogP contribution in [0.3, 0.4) is 0 Å². The Bertz CT molecular complexity index is 630. The number of carbonyl (C=O) groups is 1. The Morgan fingerprint density at radius 1 is 1.30 bits per heavy atom. The molecule has 1 N–H and O–H groups in total. The summed E-state index contributed by atoms with van der Waals surface area (Å²) in [4.78, 5) is 14.0. The molecule has 0 unspecified atom stereocenters. The standard InChI is InChI=1S/C17H26N2O3S/c1-4-19(13(3)12-23(21,22)5-2)17(20)18-16-11-15(16)14-9-7-6-8-10-14/h6-10,13,15-16H,4-5,11-12H2,1-3H3,(H,18,20)/t13-,15+,16-/m1/s1. The molecule has 23 heavy (non-hydrogen) atoms. The topological polar surface area (TPSA) is 66.5 Å². The molecule has 1 aromatic rings. The van der Waals surface area contributed by atoms with Gasteiger partial charge >= 0.3 is 6.03 Å². The highest BCUT2D eigenvalue weighted by Gasteiger charge is 2.40. The monoisotopic (exact) mass is 338 g/mol. The van der Waals surface area contributed by atoms with E-state index in [0.29, 0.717) is 12.5 Å². The Labute approximate surface area is 139 Å². The normalized spacial score (nSPS) is 21.5. The third-order valence-corrected chi connectivity index (χ3v) is 6.27. The Hall–Kier alpha value is -1.56. The highest BCUT2D eigenvalue weighted by Crippen LogP contribution is 2.40. The minimum Gasteiger partial charge on any atom is -0.335 e. The predicted octanol–water partition coefficient (Wildman–Crippen LogP) is 2.40. The van der Waals surface area contributed by atoms with Gasteiger partial charge in [0.05, 0.1) is 5.75 Å². The fourth-order valence-electron chi connectivity index (χ4n) is 2.90. The van der Waals surface area contributed by atoms with Crippen LogP contribution in [-0.4, -0.2) is 49.5 Å². The number of sulfone groups is 1. The van der Waals surface area contributed by atoms with Crippen molar-refractivity contribution in [3.8, 4) is 0 Å². The van der Waals surface area contributed by atoms with Gasteiger partial charge in [-0.25, -0.2) is 13.2 Å². The summed E-state index contributed by atoms with van der Waals surface area (Å²) in [6, 6.07) is 9.79. The molecular weight excluding hydrogens is 312 g/mol. The SMILES string of the molecule is CCN(C(=O)N[C@@H]1C[C@H]1c1ccccc1)[C@H](C)CS(=O)(=O)CC. The van der Waals surface area contributed by atoms with Crippen LogP contribution in [0.25, 0.3) is 0 Å². The Morgan fingerprint density at radius 2 is 1.96 bits per heavy atom. The number of hydrogen-bond donors (Lipinski definition) is 1. The number of nitrogens with one attached hydrogen (secondary N) is 1. The van der Waals surface area contributed by atoms with Gasteiger partial charge in [0.2, 0.25) is 0 Å². The van der Waals surface area contributed by atoms with Crippen molar-refractivity contribution in [2.24, 2.45) is 0 Å². The van der Waals surface area contributed by atoms with Gasteiger partial charge in [0, 0.05) is 30.3 Å². The smallest absolute Gasteiger partial charge is 0.317 e. The third-order valence-electron chi connectivity index (χ3n) is 4.40. The Kier molecular flexibility index (Phi) is 5.68. The maximum absolute atomic E-state index is 12.4. The summed E-state index contributed by atoms with van der Waals surface area (Å²) in [5.41, 5.74) is 1.24. The molecule has 6 heteroatoms. The Morgan fingerprint density at radius 3 is 2.52 bits per heavy atom. The van der Waals surface area contributed by atoms with E-state index < -0.39 is 9.84 Å². The molecule has 1 aliphatic carbocycles. The first-order valence-corrected chi connectivity index (χ1v) is 10.0. The number of rotatable bonds is 7. The van der Waals surface area contributed by atoms with E-state index in [0.717, 1.165) is 6.42 Å². The van der Waals surface area contributed by atoms with Gasteiger partial charge in [-0.1, -0.05) is 37.3 Å². The van der Waals surface area contributed by atoms with E-state index in [1.54, 1.807) is 18.7 Å². The van der Waals surface area contributed by atoms with Crippen molar-refractivity contribution in [1.29, 1.82) is 0 Å². The summed E-state index contributed by atoms with van der Waals surface area (Å²) in [5.74, 6) is 0.487. The molecule has 0 radical (unpaired) electrons. The molecule has 0 aliphatic heterocycles. The van der Waals surface area contributed by atoms with E-state index in [-0.39, 0.29) is 29.6 Å². The minimum atomic E-state index is -3.10. The van der Waals surface area contributed by atoms with Gasteiger partial charge in [-0.3, -0.25) is 0 Å². The predicted molar refractivity (Wildman–Crippen MR) is 92.3 cm³/mol. The molecule has 0 heterocycles. The zero-order valence-electron chi connectivity index (χ0n) is 14.0. The summed E-state index contributed by atoms with van der Waals surface area (Å²) in [5, 5.41) is 3.03. The van der Waals surface area contributed by atoms with Crippen molar-refractivity contribution in [2.45, 2.75) is 45.2 Å². The molecule has 0 bridgehead atoms. The quantitative estimate of drug-likeness (QED) is 0.830. The second-order valence-electron chi connectivity index (χ2n) is 6.14. The van der Waals surface area contributed by atoms with Gasteiger partial charge in [0.25, 0.3) is 0 Å². The van der Waals surface area contributed by atoms with Crippen LogP contribution >= 0.6 is 0 Å². The van der Waals surface area contributed by atoms with Gasteiger partial charge in [0.1, 0.15) is 0 Å². The average molecular weight is 338 g/mol. The van der Waals surface area contributed by atoms with Crippen LogP contribution in [0.15, 0.2) is 30.3 Å². The summed E-state index contributed by atoms with van der Waals surface area (Å²) in [6.45, 7) is 5.79. The van der Waals surface area contributed by atoms with Gasteiger partial charge in [0.15, 0.2) is 9.84 Å². The largest absolute Gasteiger partial charge is 0.335 e. The molecule has 1 aliphatic rings. The first kappa shape index (κ1) is 17.8. The van der Waals surface area contributed by atoms with E-state index >= 15 is 0 Å². The zero-order chi connectivity index (χ0) is 17.0. The van der Waals surface area contributed by atoms with E-state index in [2.05, 4.69) is 17.4 Å².